The van der Waals surface area contributed by atoms with E-state index in [4.69, 9.17) is 0 Å². The molecule has 0 aliphatic heterocycles. The van der Waals surface area contributed by atoms with Crippen molar-refractivity contribution in [2.24, 2.45) is 10.3 Å². The van der Waals surface area contributed by atoms with Gasteiger partial charge >= 0.3 is 0 Å². The van der Waals surface area contributed by atoms with E-state index in [0.29, 0.717) is 0 Å². The van der Waals surface area contributed by atoms with Crippen LogP contribution in [0.5, 0.6) is 0 Å². The van der Waals surface area contributed by atoms with Crippen LogP contribution in [0.2, 0.25) is 0 Å². The summed E-state index contributed by atoms with van der Waals surface area (Å²) in [5, 5.41) is 8.92. The van der Waals surface area contributed by atoms with Gasteiger partial charge in [0.05, 0.1) is 0 Å². The zero-order valence-corrected chi connectivity index (χ0v) is 7.75. The molecular weight excluding hydrogens is 158 g/mol. The topological polar surface area (TPSA) is 28.0 Å². The summed E-state index contributed by atoms with van der Waals surface area (Å²) in [6, 6.07) is 0. The highest BCUT2D eigenvalue weighted by molar-refractivity contribution is 7.81. The van der Waals surface area contributed by atoms with Gasteiger partial charge in [0.25, 0.3) is 0 Å². The maximum atomic E-state index is 4.27. The van der Waals surface area contributed by atoms with Gasteiger partial charge in [-0.2, -0.15) is 0 Å². The van der Waals surface area contributed by atoms with E-state index in [2.05, 4.69) is 36.1 Å². The molecule has 0 unspecified atom stereocenters. The molecule has 0 amide bonds. The first kappa shape index (κ1) is 10.2. The zero-order valence-electron chi connectivity index (χ0n) is 6.86. The molecule has 11 heavy (non-hydrogen) atoms. The smallest absolute Gasteiger partial charge is 0.101 e. The second-order valence-corrected chi connectivity index (χ2v) is 3.50. The minimum atomic E-state index is -0.381. The van der Waals surface area contributed by atoms with Crippen molar-refractivity contribution in [2.75, 3.05) is 0 Å². The predicted molar refractivity (Wildman–Crippen MR) is 50.2 cm³/mol. The highest BCUT2D eigenvalue weighted by atomic mass is 32.1. The Hall–Kier alpha value is -0.770. The lowest BCUT2D eigenvalue weighted by Crippen LogP contribution is -2.29. The van der Waals surface area contributed by atoms with Crippen LogP contribution in [-0.2, 0) is 0 Å². The molecule has 0 aliphatic carbocycles. The molecule has 0 atom stereocenters. The molecule has 0 saturated carbocycles. The second kappa shape index (κ2) is 4.18. The third kappa shape index (κ3) is 3.83. The number of nitrogens with zero attached hydrogens (tertiary/aromatic N) is 3. The fourth-order valence-electron chi connectivity index (χ4n) is 0.462. The molecular formula is C7H13N3S. The van der Waals surface area contributed by atoms with E-state index in [1.807, 2.05) is 13.8 Å². The highest BCUT2D eigenvalue weighted by Crippen LogP contribution is 2.19. The van der Waals surface area contributed by atoms with Gasteiger partial charge < -0.3 is 0 Å². The van der Waals surface area contributed by atoms with E-state index in [9.17, 15) is 0 Å². The van der Waals surface area contributed by atoms with Crippen LogP contribution in [0.15, 0.2) is 35.9 Å². The molecule has 3 nitrogen and oxygen atoms in total. The van der Waals surface area contributed by atoms with E-state index in [0.717, 1.165) is 0 Å². The Balaban J connectivity index is 4.29. The van der Waals surface area contributed by atoms with Gasteiger partial charge in [0, 0.05) is 12.4 Å². The van der Waals surface area contributed by atoms with Crippen molar-refractivity contribution < 1.29 is 0 Å². The predicted octanol–water partition coefficient (Wildman–Crippen LogP) is 2.61. The van der Waals surface area contributed by atoms with Crippen LogP contribution in [0.25, 0.3) is 0 Å². The average Bonchev–Trinajstić information content (AvgIpc) is 1.87. The molecule has 0 radical (unpaired) electrons. The largest absolute Gasteiger partial charge is 0.239 e. The summed E-state index contributed by atoms with van der Waals surface area (Å²) in [5.41, 5.74) is 0. The molecule has 0 spiro atoms. The second-order valence-electron chi connectivity index (χ2n) is 2.41. The third-order valence-corrected chi connectivity index (χ3v) is 1.17. The van der Waals surface area contributed by atoms with E-state index in [1.54, 1.807) is 6.20 Å². The molecule has 0 rings (SSSR count). The summed E-state index contributed by atoms with van der Waals surface area (Å²) in [5.74, 6) is 0. The molecule has 0 heterocycles. The molecule has 0 saturated heterocycles. The van der Waals surface area contributed by atoms with Gasteiger partial charge in [0.1, 0.15) is 4.87 Å². The number of rotatable bonds is 4. The molecule has 0 aliphatic rings. The monoisotopic (exact) mass is 171 g/mol. The van der Waals surface area contributed by atoms with Crippen molar-refractivity contribution in [3.63, 3.8) is 0 Å². The van der Waals surface area contributed by atoms with Crippen molar-refractivity contribution in [1.29, 1.82) is 0 Å². The maximum absolute atomic E-state index is 4.27. The standard InChI is InChI=1S/C7H13N3S/c1-5-8-9-10(6-2)7(3,4)11/h5-6,11H,1-2H2,3-4H3. The fraction of sp³-hybridized carbons (Fsp3) is 0.429. The molecule has 0 aromatic rings. The summed E-state index contributed by atoms with van der Waals surface area (Å²) < 4.78 is 0. The van der Waals surface area contributed by atoms with E-state index >= 15 is 0 Å². The lowest BCUT2D eigenvalue weighted by atomic mass is 10.4. The Kier molecular flexibility index (Phi) is 3.89. The lowest BCUT2D eigenvalue weighted by molar-refractivity contribution is 0.278. The van der Waals surface area contributed by atoms with Gasteiger partial charge in [-0.05, 0) is 13.8 Å². The van der Waals surface area contributed by atoms with Gasteiger partial charge in [0.2, 0.25) is 0 Å². The Morgan fingerprint density at radius 3 is 2.27 bits per heavy atom. The fourth-order valence-corrected chi connectivity index (χ4v) is 0.583. The number of hydrogen-bond acceptors (Lipinski definition) is 3. The maximum Gasteiger partial charge on any atom is 0.101 e. The van der Waals surface area contributed by atoms with Crippen LogP contribution in [0.3, 0.4) is 0 Å². The van der Waals surface area contributed by atoms with Gasteiger partial charge in [-0.25, -0.2) is 5.01 Å². The number of thiol groups is 1. The summed E-state index contributed by atoms with van der Waals surface area (Å²) in [6.07, 6.45) is 2.91. The van der Waals surface area contributed by atoms with Crippen molar-refractivity contribution in [3.8, 4) is 0 Å². The van der Waals surface area contributed by atoms with Gasteiger partial charge in [0.15, 0.2) is 0 Å². The van der Waals surface area contributed by atoms with E-state index < -0.39 is 0 Å². The van der Waals surface area contributed by atoms with Crippen LogP contribution in [0.1, 0.15) is 13.8 Å². The van der Waals surface area contributed by atoms with Crippen LogP contribution >= 0.6 is 12.6 Å². The molecule has 62 valence electrons. The number of hydrogen-bond donors (Lipinski definition) is 1. The van der Waals surface area contributed by atoms with Gasteiger partial charge in [-0.1, -0.05) is 18.4 Å². The van der Waals surface area contributed by atoms with Crippen molar-refractivity contribution in [3.05, 3.63) is 25.6 Å². The van der Waals surface area contributed by atoms with Gasteiger partial charge in [-0.3, -0.25) is 0 Å². The molecule has 0 aromatic carbocycles. The zero-order chi connectivity index (χ0) is 8.91. The SMILES string of the molecule is C=CN=NN(C=C)C(C)(C)S. The third-order valence-electron chi connectivity index (χ3n) is 0.963. The first-order chi connectivity index (χ1) is 5.02. The van der Waals surface area contributed by atoms with Crippen LogP contribution in [0.4, 0.5) is 0 Å². The van der Waals surface area contributed by atoms with Gasteiger partial charge in [-0.15, -0.1) is 17.7 Å². The average molecular weight is 171 g/mol. The molecule has 4 heteroatoms. The summed E-state index contributed by atoms with van der Waals surface area (Å²) in [4.78, 5) is -0.381. The minimum Gasteiger partial charge on any atom is -0.239 e. The molecule has 0 aromatic heterocycles. The van der Waals surface area contributed by atoms with Crippen LogP contribution in [-0.4, -0.2) is 9.88 Å². The van der Waals surface area contributed by atoms with Crippen molar-refractivity contribution in [2.45, 2.75) is 18.7 Å². The lowest BCUT2D eigenvalue weighted by Gasteiger charge is -2.26. The Morgan fingerprint density at radius 2 is 2.00 bits per heavy atom. The summed E-state index contributed by atoms with van der Waals surface area (Å²) in [7, 11) is 0. The Morgan fingerprint density at radius 1 is 1.45 bits per heavy atom. The van der Waals surface area contributed by atoms with Crippen molar-refractivity contribution in [1.82, 2.24) is 5.01 Å². The molecule has 0 bridgehead atoms. The highest BCUT2D eigenvalue weighted by Gasteiger charge is 2.17. The molecule has 0 fully saturated rings. The minimum absolute atomic E-state index is 0.381. The van der Waals surface area contributed by atoms with E-state index in [1.165, 1.54) is 11.2 Å². The summed E-state index contributed by atoms with van der Waals surface area (Å²) in [6.45, 7) is 10.7. The first-order valence-electron chi connectivity index (χ1n) is 3.18. The van der Waals surface area contributed by atoms with Crippen LogP contribution in [0, 0.1) is 0 Å². The van der Waals surface area contributed by atoms with Crippen molar-refractivity contribution >= 4 is 12.6 Å². The summed E-state index contributed by atoms with van der Waals surface area (Å²) >= 11 is 4.27. The van der Waals surface area contributed by atoms with E-state index in [-0.39, 0.29) is 4.87 Å². The Labute approximate surface area is 72.9 Å². The quantitative estimate of drug-likeness (QED) is 0.299. The normalized spacial score (nSPS) is 11.5. The molecule has 0 N–H and O–H groups in total. The first-order valence-corrected chi connectivity index (χ1v) is 3.63. The van der Waals surface area contributed by atoms with Crippen LogP contribution < -0.4 is 0 Å². The Bertz CT molecular complexity index is 169.